The second-order valence-electron chi connectivity index (χ2n) is 6.28. The van der Waals surface area contributed by atoms with Crippen LogP contribution in [0.25, 0.3) is 0 Å². The first kappa shape index (κ1) is 15.4. The Morgan fingerprint density at radius 3 is 2.48 bits per heavy atom. The van der Waals surface area contributed by atoms with Crippen LogP contribution in [0.2, 0.25) is 0 Å². The van der Waals surface area contributed by atoms with Gasteiger partial charge in [-0.1, -0.05) is 32.9 Å². The van der Waals surface area contributed by atoms with E-state index in [1.54, 1.807) is 0 Å². The molecule has 1 aromatic heterocycles. The van der Waals surface area contributed by atoms with E-state index in [0.717, 1.165) is 22.6 Å². The number of nitrogens with zero attached hydrogens (tertiary/aromatic N) is 2. The number of rotatable bonds is 3. The van der Waals surface area contributed by atoms with Crippen LogP contribution in [0.5, 0.6) is 11.6 Å². The highest BCUT2D eigenvalue weighted by Gasteiger charge is 2.16. The lowest BCUT2D eigenvalue weighted by Crippen LogP contribution is -2.11. The minimum atomic E-state index is 0.0743. The van der Waals surface area contributed by atoms with Gasteiger partial charge in [-0.05, 0) is 42.5 Å². The Morgan fingerprint density at radius 2 is 1.86 bits per heavy atom. The van der Waals surface area contributed by atoms with Crippen LogP contribution >= 0.6 is 0 Å². The van der Waals surface area contributed by atoms with Crippen LogP contribution in [-0.2, 0) is 12.0 Å². The highest BCUT2D eigenvalue weighted by Crippen LogP contribution is 2.29. The summed E-state index contributed by atoms with van der Waals surface area (Å²) in [5, 5.41) is 8.27. The zero-order valence-corrected chi connectivity index (χ0v) is 13.4. The van der Waals surface area contributed by atoms with E-state index in [-0.39, 0.29) is 5.41 Å². The number of aryl methyl sites for hydroxylation is 1. The average molecular weight is 285 g/mol. The summed E-state index contributed by atoms with van der Waals surface area (Å²) in [5.74, 6) is 1.25. The Hall–Kier alpha value is -1.94. The summed E-state index contributed by atoms with van der Waals surface area (Å²) in [6.07, 6.45) is 0. The number of hydrogen-bond acceptors (Lipinski definition) is 4. The summed E-state index contributed by atoms with van der Waals surface area (Å²) >= 11 is 0. The van der Waals surface area contributed by atoms with Crippen molar-refractivity contribution >= 4 is 0 Å². The summed E-state index contributed by atoms with van der Waals surface area (Å²) < 4.78 is 5.92. The lowest BCUT2D eigenvalue weighted by Gasteiger charge is -2.20. The van der Waals surface area contributed by atoms with Crippen molar-refractivity contribution in [2.75, 3.05) is 0 Å². The molecule has 112 valence electrons. The van der Waals surface area contributed by atoms with Gasteiger partial charge in [0.2, 0.25) is 5.88 Å². The molecular formula is C17H23N3O. The van der Waals surface area contributed by atoms with Gasteiger partial charge in [-0.15, -0.1) is 5.10 Å². The number of nitrogens with two attached hydrogens (primary N) is 1. The van der Waals surface area contributed by atoms with Crippen molar-refractivity contribution in [1.29, 1.82) is 0 Å². The molecule has 0 spiro atoms. The van der Waals surface area contributed by atoms with E-state index in [4.69, 9.17) is 10.5 Å². The van der Waals surface area contributed by atoms with Gasteiger partial charge in [0.1, 0.15) is 5.75 Å². The predicted molar refractivity (Wildman–Crippen MR) is 84.6 cm³/mol. The van der Waals surface area contributed by atoms with Crippen molar-refractivity contribution in [3.8, 4) is 11.6 Å². The lowest BCUT2D eigenvalue weighted by molar-refractivity contribution is 0.444. The van der Waals surface area contributed by atoms with Gasteiger partial charge in [0.25, 0.3) is 0 Å². The monoisotopic (exact) mass is 285 g/mol. The van der Waals surface area contributed by atoms with Crippen LogP contribution in [-0.4, -0.2) is 10.2 Å². The van der Waals surface area contributed by atoms with Gasteiger partial charge in [-0.2, -0.15) is 5.10 Å². The molecule has 1 aromatic carbocycles. The van der Waals surface area contributed by atoms with E-state index in [1.165, 1.54) is 5.56 Å². The fourth-order valence-electron chi connectivity index (χ4n) is 2.09. The molecule has 21 heavy (non-hydrogen) atoms. The zero-order chi connectivity index (χ0) is 15.6. The minimum Gasteiger partial charge on any atom is -0.437 e. The molecule has 4 nitrogen and oxygen atoms in total. The van der Waals surface area contributed by atoms with Gasteiger partial charge in [0.05, 0.1) is 5.69 Å². The second kappa shape index (κ2) is 5.82. The largest absolute Gasteiger partial charge is 0.437 e. The Morgan fingerprint density at radius 1 is 1.14 bits per heavy atom. The first-order valence-corrected chi connectivity index (χ1v) is 7.14. The SMILES string of the molecule is Cc1nnc(Oc2cccc(C(C)(C)C)c2)c(CN)c1C. The number of hydrogen-bond donors (Lipinski definition) is 1. The lowest BCUT2D eigenvalue weighted by atomic mass is 9.87. The Balaban J connectivity index is 2.37. The first-order valence-electron chi connectivity index (χ1n) is 7.14. The molecule has 0 aliphatic rings. The van der Waals surface area contributed by atoms with Gasteiger partial charge < -0.3 is 10.5 Å². The van der Waals surface area contributed by atoms with Crippen molar-refractivity contribution in [3.63, 3.8) is 0 Å². The van der Waals surface area contributed by atoms with E-state index < -0.39 is 0 Å². The van der Waals surface area contributed by atoms with E-state index >= 15 is 0 Å². The van der Waals surface area contributed by atoms with E-state index in [2.05, 4.69) is 37.0 Å². The van der Waals surface area contributed by atoms with Crippen molar-refractivity contribution in [1.82, 2.24) is 10.2 Å². The van der Waals surface area contributed by atoms with Crippen molar-refractivity contribution in [2.24, 2.45) is 5.73 Å². The van der Waals surface area contributed by atoms with Crippen molar-refractivity contribution in [3.05, 3.63) is 46.6 Å². The third-order valence-corrected chi connectivity index (χ3v) is 3.66. The van der Waals surface area contributed by atoms with E-state index in [9.17, 15) is 0 Å². The summed E-state index contributed by atoms with van der Waals surface area (Å²) in [5.41, 5.74) is 9.94. The third kappa shape index (κ3) is 3.39. The van der Waals surface area contributed by atoms with Crippen LogP contribution < -0.4 is 10.5 Å². The Kier molecular flexibility index (Phi) is 4.28. The molecule has 2 N–H and O–H groups in total. The van der Waals surface area contributed by atoms with Gasteiger partial charge in [-0.3, -0.25) is 0 Å². The smallest absolute Gasteiger partial charge is 0.243 e. The highest BCUT2D eigenvalue weighted by molar-refractivity contribution is 5.40. The summed E-state index contributed by atoms with van der Waals surface area (Å²) in [4.78, 5) is 0. The van der Waals surface area contributed by atoms with Crippen LogP contribution in [0.3, 0.4) is 0 Å². The standard InChI is InChI=1S/C17H23N3O/c1-11-12(2)19-20-16(15(11)10-18)21-14-8-6-7-13(9-14)17(3,4)5/h6-9H,10,18H2,1-5H3. The molecule has 0 saturated carbocycles. The molecule has 1 heterocycles. The number of benzene rings is 1. The van der Waals surface area contributed by atoms with Gasteiger partial charge >= 0.3 is 0 Å². The third-order valence-electron chi connectivity index (χ3n) is 3.66. The Labute approximate surface area is 126 Å². The van der Waals surface area contributed by atoms with Gasteiger partial charge in [0, 0.05) is 12.1 Å². The maximum absolute atomic E-state index is 5.92. The van der Waals surface area contributed by atoms with Crippen molar-refractivity contribution in [2.45, 2.75) is 46.6 Å². The molecule has 0 fully saturated rings. The van der Waals surface area contributed by atoms with Crippen LogP contribution in [0, 0.1) is 13.8 Å². The maximum Gasteiger partial charge on any atom is 0.243 e. The first-order chi connectivity index (χ1) is 9.82. The van der Waals surface area contributed by atoms with E-state index in [0.29, 0.717) is 12.4 Å². The molecule has 0 aliphatic heterocycles. The fraction of sp³-hybridized carbons (Fsp3) is 0.412. The second-order valence-corrected chi connectivity index (χ2v) is 6.28. The molecule has 2 aromatic rings. The van der Waals surface area contributed by atoms with Gasteiger partial charge in [-0.25, -0.2) is 0 Å². The molecule has 0 aliphatic carbocycles. The zero-order valence-electron chi connectivity index (χ0n) is 13.4. The molecule has 2 rings (SSSR count). The molecule has 0 bridgehead atoms. The fourth-order valence-corrected chi connectivity index (χ4v) is 2.09. The molecular weight excluding hydrogens is 262 g/mol. The maximum atomic E-state index is 5.92. The topological polar surface area (TPSA) is 61.0 Å². The summed E-state index contributed by atoms with van der Waals surface area (Å²) in [6.45, 7) is 10.8. The average Bonchev–Trinajstić information content (AvgIpc) is 2.43. The summed E-state index contributed by atoms with van der Waals surface area (Å²) in [6, 6.07) is 8.05. The van der Waals surface area contributed by atoms with Crippen LogP contribution in [0.1, 0.15) is 43.2 Å². The summed E-state index contributed by atoms with van der Waals surface area (Å²) in [7, 11) is 0. The Bertz CT molecular complexity index is 645. The van der Waals surface area contributed by atoms with Crippen LogP contribution in [0.4, 0.5) is 0 Å². The number of aromatic nitrogens is 2. The molecule has 0 unspecified atom stereocenters. The molecule has 0 atom stereocenters. The molecule has 0 radical (unpaired) electrons. The minimum absolute atomic E-state index is 0.0743. The van der Waals surface area contributed by atoms with Crippen LogP contribution in [0.15, 0.2) is 24.3 Å². The van der Waals surface area contributed by atoms with Gasteiger partial charge in [0.15, 0.2) is 0 Å². The molecule has 0 saturated heterocycles. The molecule has 0 amide bonds. The quantitative estimate of drug-likeness (QED) is 0.935. The molecule has 4 heteroatoms. The predicted octanol–water partition coefficient (Wildman–Crippen LogP) is 3.64. The van der Waals surface area contributed by atoms with Crippen molar-refractivity contribution < 1.29 is 4.74 Å². The van der Waals surface area contributed by atoms with E-state index in [1.807, 2.05) is 32.0 Å². The highest BCUT2D eigenvalue weighted by atomic mass is 16.5. The normalized spacial score (nSPS) is 11.5. The number of ether oxygens (including phenoxy) is 1.